The van der Waals surface area contributed by atoms with Crippen molar-refractivity contribution in [3.63, 3.8) is 0 Å². The minimum atomic E-state index is -1.06. The molecule has 11 nitrogen and oxygen atoms in total. The van der Waals surface area contributed by atoms with Crippen LogP contribution in [0.2, 0.25) is 0 Å². The maximum atomic E-state index is 14.3. The summed E-state index contributed by atoms with van der Waals surface area (Å²) >= 11 is 0. The van der Waals surface area contributed by atoms with Gasteiger partial charge in [0.25, 0.3) is 0 Å². The van der Waals surface area contributed by atoms with Crippen molar-refractivity contribution in [2.75, 3.05) is 6.61 Å². The molecular weight excluding hydrogens is 644 g/mol. The number of carbonyl (C=O) groups is 4. The molecule has 2 aliphatic carbocycles. The van der Waals surface area contributed by atoms with Gasteiger partial charge in [-0.3, -0.25) is 19.2 Å². The van der Waals surface area contributed by atoms with Gasteiger partial charge >= 0.3 is 0 Å². The number of ketones is 1. The van der Waals surface area contributed by atoms with Gasteiger partial charge in [-0.05, 0) is 79.4 Å². The lowest BCUT2D eigenvalue weighted by molar-refractivity contribution is -0.134. The second kappa shape index (κ2) is 17.8. The van der Waals surface area contributed by atoms with E-state index in [0.717, 1.165) is 36.3 Å². The van der Waals surface area contributed by atoms with E-state index < -0.39 is 47.5 Å². The van der Waals surface area contributed by atoms with Gasteiger partial charge in [-0.2, -0.15) is 0 Å². The van der Waals surface area contributed by atoms with Crippen molar-refractivity contribution in [3.8, 4) is 0 Å². The monoisotopic (exact) mass is 698 g/mol. The standard InChI is InChI=1S/C40H54N6O5/c1-26(2)20-32(36(47)40(3)25-51-40)42-37(48)33(22-27-12-6-4-7-13-27)43-38(49)34(24-29-18-19-30-16-10-11-17-31(30)21-29)44-39(50)35(45-46-41)23-28-14-8-5-9-15-28/h4-9,12-15,26,29-35H,10-11,16-25H2,1-3H3,(H,42,48)(H,43,49)(H,44,50)/t29?,30?,31?,32-,33-,34-,35-,40+/m0/s1. The van der Waals surface area contributed by atoms with Crippen LogP contribution in [0.3, 0.4) is 0 Å². The van der Waals surface area contributed by atoms with Gasteiger partial charge in [-0.15, -0.1) is 0 Å². The normalized spacial score (nSPS) is 24.8. The van der Waals surface area contributed by atoms with Gasteiger partial charge in [0.1, 0.15) is 23.7 Å². The molecule has 51 heavy (non-hydrogen) atoms. The number of epoxide rings is 1. The zero-order chi connectivity index (χ0) is 36.4. The lowest BCUT2D eigenvalue weighted by Crippen LogP contribution is -2.58. The molecule has 3 amide bonds. The fourth-order valence-electron chi connectivity index (χ4n) is 8.03. The van der Waals surface area contributed by atoms with E-state index in [4.69, 9.17) is 4.74 Å². The van der Waals surface area contributed by atoms with E-state index in [0.29, 0.717) is 25.4 Å². The van der Waals surface area contributed by atoms with Crippen molar-refractivity contribution in [2.45, 2.75) is 121 Å². The first-order valence-electron chi connectivity index (χ1n) is 18.8. The molecule has 1 aliphatic heterocycles. The quantitative estimate of drug-likeness (QED) is 0.0796. The Kier molecular flexibility index (Phi) is 13.3. The van der Waals surface area contributed by atoms with Gasteiger partial charge < -0.3 is 20.7 Å². The first-order valence-corrected chi connectivity index (χ1v) is 18.8. The predicted octanol–water partition coefficient (Wildman–Crippen LogP) is 6.01. The molecule has 1 heterocycles. The van der Waals surface area contributed by atoms with Gasteiger partial charge in [0.15, 0.2) is 5.78 Å². The van der Waals surface area contributed by atoms with Crippen LogP contribution in [-0.4, -0.2) is 59.9 Å². The van der Waals surface area contributed by atoms with Crippen LogP contribution < -0.4 is 16.0 Å². The molecule has 0 spiro atoms. The number of benzene rings is 2. The number of nitrogens with zero attached hydrogens (tertiary/aromatic N) is 3. The number of rotatable bonds is 17. The summed E-state index contributed by atoms with van der Waals surface area (Å²) in [6.07, 6.45) is 9.26. The van der Waals surface area contributed by atoms with E-state index in [2.05, 4.69) is 26.0 Å². The molecule has 0 aromatic heterocycles. The average molecular weight is 699 g/mol. The summed E-state index contributed by atoms with van der Waals surface area (Å²) in [6, 6.07) is 14.9. The zero-order valence-corrected chi connectivity index (χ0v) is 30.3. The first-order chi connectivity index (χ1) is 24.5. The molecule has 11 heteroatoms. The van der Waals surface area contributed by atoms with Crippen LogP contribution in [0, 0.1) is 23.7 Å². The van der Waals surface area contributed by atoms with Crippen molar-refractivity contribution in [1.29, 1.82) is 0 Å². The van der Waals surface area contributed by atoms with Crippen LogP contribution in [0.4, 0.5) is 0 Å². The summed E-state index contributed by atoms with van der Waals surface area (Å²) in [6.45, 7) is 6.02. The third-order valence-corrected chi connectivity index (χ3v) is 11.0. The fraction of sp³-hybridized carbons (Fsp3) is 0.600. The third kappa shape index (κ3) is 10.9. The van der Waals surface area contributed by atoms with Crippen molar-refractivity contribution >= 4 is 23.5 Å². The zero-order valence-electron chi connectivity index (χ0n) is 30.3. The Morgan fingerprint density at radius 2 is 1.37 bits per heavy atom. The summed E-state index contributed by atoms with van der Waals surface area (Å²) in [5.74, 6) is 0.0284. The number of amides is 3. The van der Waals surface area contributed by atoms with Crippen LogP contribution >= 0.6 is 0 Å². The van der Waals surface area contributed by atoms with Gasteiger partial charge in [-0.25, -0.2) is 0 Å². The Balaban J connectivity index is 1.37. The van der Waals surface area contributed by atoms with Crippen LogP contribution in [0.5, 0.6) is 0 Å². The maximum absolute atomic E-state index is 14.3. The highest BCUT2D eigenvalue weighted by Gasteiger charge is 2.50. The molecule has 5 rings (SSSR count). The number of hydrogen-bond acceptors (Lipinski definition) is 6. The Morgan fingerprint density at radius 1 is 0.804 bits per heavy atom. The van der Waals surface area contributed by atoms with E-state index in [-0.39, 0.29) is 30.5 Å². The topological polar surface area (TPSA) is 166 Å². The van der Waals surface area contributed by atoms with Crippen LogP contribution in [0.1, 0.15) is 89.7 Å². The minimum absolute atomic E-state index is 0.127. The summed E-state index contributed by atoms with van der Waals surface area (Å²) < 4.78 is 5.43. The molecule has 3 aliphatic rings. The minimum Gasteiger partial charge on any atom is -0.361 e. The van der Waals surface area contributed by atoms with Gasteiger partial charge in [-0.1, -0.05) is 112 Å². The molecule has 3 fully saturated rings. The number of Topliss-reactive ketones (excluding diaryl/α,β-unsaturated/α-hetero) is 1. The first kappa shape index (κ1) is 38.0. The van der Waals surface area contributed by atoms with Gasteiger partial charge in [0, 0.05) is 11.3 Å². The molecule has 1 saturated heterocycles. The lowest BCUT2D eigenvalue weighted by Gasteiger charge is -2.40. The summed E-state index contributed by atoms with van der Waals surface area (Å²) in [7, 11) is 0. The maximum Gasteiger partial charge on any atom is 0.243 e. The highest BCUT2D eigenvalue weighted by molar-refractivity contribution is 5.98. The number of carbonyl (C=O) groups excluding carboxylic acids is 4. The largest absolute Gasteiger partial charge is 0.361 e. The van der Waals surface area contributed by atoms with Crippen molar-refractivity contribution in [1.82, 2.24) is 16.0 Å². The Hall–Kier alpha value is -4.21. The highest BCUT2D eigenvalue weighted by atomic mass is 16.6. The molecule has 3 unspecified atom stereocenters. The summed E-state index contributed by atoms with van der Waals surface area (Å²) in [5.41, 5.74) is 10.1. The van der Waals surface area contributed by atoms with Crippen LogP contribution in [0.15, 0.2) is 65.8 Å². The number of azide groups is 1. The molecular formula is C40H54N6O5. The molecule has 2 aromatic rings. The Bertz CT molecular complexity index is 1540. The number of hydrogen-bond donors (Lipinski definition) is 3. The highest BCUT2D eigenvalue weighted by Crippen LogP contribution is 2.44. The van der Waals surface area contributed by atoms with Crippen LogP contribution in [-0.2, 0) is 36.8 Å². The third-order valence-electron chi connectivity index (χ3n) is 11.0. The molecule has 2 saturated carbocycles. The van der Waals surface area contributed by atoms with Crippen molar-refractivity contribution in [2.24, 2.45) is 28.8 Å². The molecule has 0 radical (unpaired) electrons. The van der Waals surface area contributed by atoms with E-state index in [1.54, 1.807) is 6.92 Å². The van der Waals surface area contributed by atoms with E-state index in [1.165, 1.54) is 25.7 Å². The second-order valence-corrected chi connectivity index (χ2v) is 15.5. The molecule has 3 N–H and O–H groups in total. The van der Waals surface area contributed by atoms with E-state index >= 15 is 0 Å². The Morgan fingerprint density at radius 3 is 1.98 bits per heavy atom. The lowest BCUT2D eigenvalue weighted by atomic mass is 9.66. The fourth-order valence-corrected chi connectivity index (χ4v) is 8.03. The van der Waals surface area contributed by atoms with Crippen LogP contribution in [0.25, 0.3) is 10.4 Å². The Labute approximate surface area is 301 Å². The molecule has 0 bridgehead atoms. The number of ether oxygens (including phenoxy) is 1. The second-order valence-electron chi connectivity index (χ2n) is 15.5. The molecule has 274 valence electrons. The predicted molar refractivity (Wildman–Crippen MR) is 195 cm³/mol. The molecule has 8 atom stereocenters. The molecule has 2 aromatic carbocycles. The summed E-state index contributed by atoms with van der Waals surface area (Å²) in [4.78, 5) is 58.5. The van der Waals surface area contributed by atoms with Gasteiger partial charge in [0.05, 0.1) is 12.6 Å². The van der Waals surface area contributed by atoms with Crippen molar-refractivity contribution < 1.29 is 23.9 Å². The summed E-state index contributed by atoms with van der Waals surface area (Å²) in [5, 5.41) is 12.7. The smallest absolute Gasteiger partial charge is 0.243 e. The van der Waals surface area contributed by atoms with Gasteiger partial charge in [0.2, 0.25) is 17.7 Å². The van der Waals surface area contributed by atoms with E-state index in [1.807, 2.05) is 74.5 Å². The number of fused-ring (bicyclic) bond motifs is 1. The van der Waals surface area contributed by atoms with E-state index in [9.17, 15) is 24.7 Å². The number of nitrogens with one attached hydrogen (secondary N) is 3. The average Bonchev–Trinajstić information content (AvgIpc) is 3.88. The SMILES string of the molecule is CC(C)C[C@H](NC(=O)[C@H](Cc1ccccc1)NC(=O)[C@H](CC1CCC2CCCCC2C1)NC(=O)[C@H](Cc1ccccc1)N=[N+]=[N-])C(=O)[C@@]1(C)CO1. The van der Waals surface area contributed by atoms with Crippen molar-refractivity contribution in [3.05, 3.63) is 82.2 Å².